The minimum atomic E-state index is -0.246. The maximum absolute atomic E-state index is 12.6. The normalized spacial score (nSPS) is 10.3. The maximum atomic E-state index is 12.6. The third-order valence-corrected chi connectivity index (χ3v) is 5.74. The first kappa shape index (κ1) is 28.4. The summed E-state index contributed by atoms with van der Waals surface area (Å²) in [7, 11) is 0. The molecule has 11 heteroatoms. The number of nitrogens with one attached hydrogen (secondary N) is 1. The first-order valence-electron chi connectivity index (χ1n) is 10.6. The van der Waals surface area contributed by atoms with E-state index in [1.165, 1.54) is 23.5 Å². The number of hydrogen-bond donors (Lipinski definition) is 2. The molecule has 4 aromatic rings. The molecule has 0 aliphatic rings. The number of aryl methyl sites for hydroxylation is 1. The molecule has 0 spiro atoms. The van der Waals surface area contributed by atoms with Gasteiger partial charge in [0.15, 0.2) is 5.06 Å². The molecule has 7 nitrogen and oxygen atoms in total. The molecule has 0 atom stereocenters. The Kier molecular flexibility index (Phi) is 11.3. The number of thiophene rings is 1. The standard InChI is InChI=1S/C14H18FN4O2.C10H7FOS.W/c1-4-20-7-5-6-17-12-8-13-14(9-11(12)16-3)19(21-15)10(2)18-13;11-8-3-1-7(2-4-8)9-5-6-10(12)13-9;/h3,8-9,17H,4-7H2,1-2H3;1-6,12H;/q-1;;. The van der Waals surface area contributed by atoms with Crippen LogP contribution in [0.5, 0.6) is 5.06 Å². The van der Waals surface area contributed by atoms with Crippen LogP contribution in [0.4, 0.5) is 20.3 Å². The van der Waals surface area contributed by atoms with E-state index in [0.717, 1.165) is 27.3 Å². The Morgan fingerprint density at radius 1 is 1.20 bits per heavy atom. The van der Waals surface area contributed by atoms with Gasteiger partial charge in [-0.05, 0) is 61.9 Å². The van der Waals surface area contributed by atoms with E-state index >= 15 is 0 Å². The van der Waals surface area contributed by atoms with Crippen molar-refractivity contribution in [1.29, 1.82) is 0 Å². The molecule has 35 heavy (non-hydrogen) atoms. The van der Waals surface area contributed by atoms with Crippen LogP contribution in [0.1, 0.15) is 19.2 Å². The minimum absolute atomic E-state index is 0. The number of halogens is 2. The SMILES string of the molecule is Oc1ccc(-c2ccc(F)cc2)s1.[CH-]=Nc1cc2c(cc1NCCCOCC)nc(C)n2OF.[W]. The van der Waals surface area contributed by atoms with Crippen molar-refractivity contribution in [2.24, 2.45) is 4.99 Å². The number of nitrogens with zero attached hydrogens (tertiary/aromatic N) is 3. The second kappa shape index (κ2) is 13.9. The Balaban J connectivity index is 0.000000265. The minimum Gasteiger partial charge on any atom is -0.499 e. The van der Waals surface area contributed by atoms with Crippen molar-refractivity contribution < 1.29 is 44.9 Å². The molecule has 2 N–H and O–H groups in total. The predicted octanol–water partition coefficient (Wildman–Crippen LogP) is 5.96. The molecule has 2 aromatic heterocycles. The van der Waals surface area contributed by atoms with Gasteiger partial charge in [0.25, 0.3) is 0 Å². The van der Waals surface area contributed by atoms with Crippen molar-refractivity contribution in [3.63, 3.8) is 0 Å². The van der Waals surface area contributed by atoms with Gasteiger partial charge < -0.3 is 20.2 Å². The molecule has 4 rings (SSSR count). The quantitative estimate of drug-likeness (QED) is 0.131. The van der Waals surface area contributed by atoms with Crippen LogP contribution < -0.4 is 10.4 Å². The van der Waals surface area contributed by atoms with Crippen molar-refractivity contribution in [1.82, 2.24) is 9.71 Å². The van der Waals surface area contributed by atoms with Gasteiger partial charge >= 0.3 is 0 Å². The van der Waals surface area contributed by atoms with Crippen LogP contribution in [0, 0.1) is 12.7 Å². The number of ether oxygens (including phenoxy) is 1. The molecular weight excluding hydrogens is 646 g/mol. The summed E-state index contributed by atoms with van der Waals surface area (Å²) in [5, 5.41) is 16.4. The van der Waals surface area contributed by atoms with Crippen molar-refractivity contribution in [3.8, 4) is 15.5 Å². The van der Waals surface area contributed by atoms with Crippen LogP contribution in [0.2, 0.25) is 0 Å². The first-order chi connectivity index (χ1) is 16.5. The fourth-order valence-corrected chi connectivity index (χ4v) is 3.94. The second-order valence-electron chi connectivity index (χ2n) is 7.13. The van der Waals surface area contributed by atoms with Gasteiger partial charge in [0.1, 0.15) is 11.6 Å². The van der Waals surface area contributed by atoms with E-state index in [9.17, 15) is 8.92 Å². The molecule has 2 heterocycles. The Hall–Kier alpha value is -2.81. The fourth-order valence-electron chi connectivity index (χ4n) is 3.19. The molecular formula is C24H25F2N4O3SW-. The second-order valence-corrected chi connectivity index (χ2v) is 8.19. The van der Waals surface area contributed by atoms with Gasteiger partial charge in [0, 0.05) is 50.2 Å². The fraction of sp³-hybridized carbons (Fsp3) is 0.250. The van der Waals surface area contributed by atoms with E-state index in [1.807, 2.05) is 13.0 Å². The van der Waals surface area contributed by atoms with Crippen molar-refractivity contribution >= 4 is 40.5 Å². The number of aliphatic imine (C=N–C) groups is 1. The van der Waals surface area contributed by atoms with Crippen molar-refractivity contribution in [3.05, 3.63) is 60.2 Å². The summed E-state index contributed by atoms with van der Waals surface area (Å²) in [6, 6.07) is 13.0. The summed E-state index contributed by atoms with van der Waals surface area (Å²) < 4.78 is 31.4. The Morgan fingerprint density at radius 2 is 1.94 bits per heavy atom. The average Bonchev–Trinajstić information content (AvgIpc) is 3.40. The molecule has 186 valence electrons. The van der Waals surface area contributed by atoms with E-state index < -0.39 is 0 Å². The molecule has 0 aliphatic carbocycles. The number of aromatic nitrogens is 2. The molecule has 2 aromatic carbocycles. The van der Waals surface area contributed by atoms with Crippen LogP contribution in [0.15, 0.2) is 53.5 Å². The zero-order valence-electron chi connectivity index (χ0n) is 19.2. The van der Waals surface area contributed by atoms with E-state index in [4.69, 9.17) is 16.6 Å². The molecule has 0 radical (unpaired) electrons. The van der Waals surface area contributed by atoms with Gasteiger partial charge in [0.05, 0.1) is 11.0 Å². The van der Waals surface area contributed by atoms with Crippen LogP contribution in [-0.4, -0.2) is 41.3 Å². The molecule has 0 amide bonds. The smallest absolute Gasteiger partial charge is 0.171 e. The molecule has 0 saturated carbocycles. The topological polar surface area (TPSA) is 80.9 Å². The van der Waals surface area contributed by atoms with E-state index in [-0.39, 0.29) is 31.9 Å². The predicted molar refractivity (Wildman–Crippen MR) is 131 cm³/mol. The zero-order chi connectivity index (χ0) is 24.5. The van der Waals surface area contributed by atoms with Gasteiger partial charge in [-0.1, -0.05) is 35.2 Å². The Labute approximate surface area is 220 Å². The number of imidazole rings is 1. The average molecular weight is 671 g/mol. The van der Waals surface area contributed by atoms with Crippen molar-refractivity contribution in [2.45, 2.75) is 20.3 Å². The third-order valence-electron chi connectivity index (χ3n) is 4.80. The van der Waals surface area contributed by atoms with Crippen LogP contribution >= 0.6 is 11.3 Å². The number of aromatic hydroxyl groups is 1. The molecule has 0 fully saturated rings. The molecule has 0 saturated heterocycles. The van der Waals surface area contributed by atoms with E-state index in [2.05, 4.69) is 20.3 Å². The van der Waals surface area contributed by atoms with Crippen LogP contribution in [0.3, 0.4) is 0 Å². The van der Waals surface area contributed by atoms with Gasteiger partial charge in [-0.3, -0.25) is 0 Å². The zero-order valence-corrected chi connectivity index (χ0v) is 23.0. The van der Waals surface area contributed by atoms with Crippen molar-refractivity contribution in [2.75, 3.05) is 25.1 Å². The summed E-state index contributed by atoms with van der Waals surface area (Å²) in [4.78, 5) is 8.88. The number of rotatable bonds is 9. The van der Waals surface area contributed by atoms with E-state index in [1.54, 1.807) is 37.3 Å². The summed E-state index contributed by atoms with van der Waals surface area (Å²) in [6.07, 6.45) is 0.858. The summed E-state index contributed by atoms with van der Waals surface area (Å²) in [5.74, 6) is 0.161. The first-order valence-corrected chi connectivity index (χ1v) is 11.4. The third kappa shape index (κ3) is 7.58. The number of hydrogen-bond acceptors (Lipinski definition) is 7. The maximum Gasteiger partial charge on any atom is 0.171 e. The monoisotopic (exact) mass is 671 g/mol. The van der Waals surface area contributed by atoms with E-state index in [0.29, 0.717) is 42.3 Å². The van der Waals surface area contributed by atoms with Crippen LogP contribution in [0.25, 0.3) is 21.5 Å². The Morgan fingerprint density at radius 3 is 2.54 bits per heavy atom. The van der Waals surface area contributed by atoms with Gasteiger partial charge in [-0.15, -0.1) is 4.73 Å². The summed E-state index contributed by atoms with van der Waals surface area (Å²) >= 11 is 1.28. The number of anilines is 1. The summed E-state index contributed by atoms with van der Waals surface area (Å²) in [6.45, 7) is 11.1. The van der Waals surface area contributed by atoms with Gasteiger partial charge in [-0.25, -0.2) is 9.37 Å². The number of fused-ring (bicyclic) bond motifs is 1. The molecule has 0 bridgehead atoms. The molecule has 0 unspecified atom stereocenters. The van der Waals surface area contributed by atoms with Gasteiger partial charge in [-0.2, -0.15) is 11.8 Å². The molecule has 0 aliphatic heterocycles. The number of benzene rings is 2. The summed E-state index contributed by atoms with van der Waals surface area (Å²) in [5.41, 5.74) is 3.25. The van der Waals surface area contributed by atoms with Gasteiger partial charge in [0.2, 0.25) is 0 Å². The van der Waals surface area contributed by atoms with Crippen LogP contribution in [-0.2, 0) is 25.8 Å². The Bertz CT molecular complexity index is 1230. The largest absolute Gasteiger partial charge is 0.499 e.